The van der Waals surface area contributed by atoms with Gasteiger partial charge in [0.2, 0.25) is 10.9 Å². The fraction of sp³-hybridized carbons (Fsp3) is 0. The molecule has 10 nitrogen and oxygen atoms in total. The van der Waals surface area contributed by atoms with Crippen LogP contribution in [0.3, 0.4) is 0 Å². The number of fused-ring (bicyclic) bond motifs is 5. The summed E-state index contributed by atoms with van der Waals surface area (Å²) in [5.74, 6) is 0. The normalized spacial score (nSPS) is 12.0. The Hall–Kier alpha value is -4.08. The summed E-state index contributed by atoms with van der Waals surface area (Å²) in [6.45, 7) is 0. The highest BCUT2D eigenvalue weighted by atomic mass is 16.2. The zero-order valence-electron chi connectivity index (χ0n) is 12.7. The predicted molar refractivity (Wildman–Crippen MR) is 89.3 cm³/mol. The number of hydrogen-bond acceptors (Lipinski definition) is 8. The van der Waals surface area contributed by atoms with Crippen LogP contribution in [0, 0.1) is 10.8 Å². The Kier molecular flexibility index (Phi) is 2.36. The van der Waals surface area contributed by atoms with Gasteiger partial charge in [-0.3, -0.25) is 34.4 Å². The molecule has 0 bridgehead atoms. The molecule has 124 valence electrons. The van der Waals surface area contributed by atoms with Gasteiger partial charge in [-0.15, -0.1) is 0 Å². The average molecular weight is 346 g/mol. The number of benzene rings is 1. The van der Waals surface area contributed by atoms with E-state index in [9.17, 15) is 19.2 Å². The van der Waals surface area contributed by atoms with Gasteiger partial charge in [0.1, 0.15) is 44.1 Å². The van der Waals surface area contributed by atoms with Gasteiger partial charge in [-0.1, -0.05) is 0 Å². The van der Waals surface area contributed by atoms with E-state index in [4.69, 9.17) is 10.8 Å². The van der Waals surface area contributed by atoms with Gasteiger partial charge in [-0.05, 0) is 24.3 Å². The molecule has 2 N–H and O–H groups in total. The number of nitrogens with zero attached hydrogens (tertiary/aromatic N) is 4. The van der Waals surface area contributed by atoms with Crippen LogP contribution in [0.5, 0.6) is 0 Å². The van der Waals surface area contributed by atoms with Crippen molar-refractivity contribution in [3.63, 3.8) is 0 Å². The molecule has 0 aliphatic carbocycles. The van der Waals surface area contributed by atoms with Crippen molar-refractivity contribution < 1.29 is 0 Å². The number of rotatable bonds is 0. The molecule has 0 saturated heterocycles. The fourth-order valence-corrected chi connectivity index (χ4v) is 3.26. The first-order valence-electron chi connectivity index (χ1n) is 7.37. The van der Waals surface area contributed by atoms with E-state index in [0.29, 0.717) is 0 Å². The van der Waals surface area contributed by atoms with E-state index < -0.39 is 38.3 Å². The first-order valence-corrected chi connectivity index (χ1v) is 7.37. The van der Waals surface area contributed by atoms with Crippen LogP contribution < -0.4 is 33.0 Å². The summed E-state index contributed by atoms with van der Waals surface area (Å²) in [5, 5.41) is 14.7. The molecule has 0 fully saturated rings. The van der Waals surface area contributed by atoms with Gasteiger partial charge in [-0.2, -0.15) is 4.98 Å². The summed E-state index contributed by atoms with van der Waals surface area (Å²) in [4.78, 5) is 58.6. The van der Waals surface area contributed by atoms with Crippen LogP contribution in [0.25, 0.3) is 33.1 Å². The second kappa shape index (κ2) is 4.30. The lowest BCUT2D eigenvalue weighted by molar-refractivity contribution is 0.985. The molecule has 5 rings (SSSR count). The molecule has 4 heterocycles. The van der Waals surface area contributed by atoms with Crippen LogP contribution >= 0.6 is 0 Å². The molecule has 0 atom stereocenters. The van der Waals surface area contributed by atoms with E-state index in [0.717, 1.165) is 8.80 Å². The number of aromatic nitrogens is 4. The van der Waals surface area contributed by atoms with Crippen molar-refractivity contribution in [2.75, 3.05) is 0 Å². The van der Waals surface area contributed by atoms with Crippen LogP contribution in [0.2, 0.25) is 0 Å². The zero-order valence-corrected chi connectivity index (χ0v) is 12.7. The van der Waals surface area contributed by atoms with E-state index in [-0.39, 0.29) is 27.8 Å². The maximum atomic E-state index is 13.0. The van der Waals surface area contributed by atoms with Crippen LogP contribution in [-0.4, -0.2) is 18.8 Å². The minimum Gasteiger partial charge on any atom is -0.287 e. The van der Waals surface area contributed by atoms with E-state index in [1.54, 1.807) is 0 Å². The maximum absolute atomic E-state index is 13.0. The highest BCUT2D eigenvalue weighted by Crippen LogP contribution is 2.08. The molecular formula is C16H6N6O4. The third-order valence-electron chi connectivity index (χ3n) is 4.38. The molecule has 0 aliphatic rings. The van der Waals surface area contributed by atoms with Crippen molar-refractivity contribution in [1.82, 2.24) is 18.8 Å². The SMILES string of the molecule is N=c1ccc2nc3c(=O)c4c(=O)nc5ccc(=N)n5c4c(=O)c3c(=O)n12. The van der Waals surface area contributed by atoms with Gasteiger partial charge in [0.25, 0.3) is 11.1 Å². The summed E-state index contributed by atoms with van der Waals surface area (Å²) >= 11 is 0. The van der Waals surface area contributed by atoms with Gasteiger partial charge in [0, 0.05) is 0 Å². The van der Waals surface area contributed by atoms with Crippen LogP contribution in [-0.2, 0) is 0 Å². The number of nitrogens with one attached hydrogen (secondary N) is 2. The molecule has 0 unspecified atom stereocenters. The van der Waals surface area contributed by atoms with E-state index in [1.165, 1.54) is 24.3 Å². The third kappa shape index (κ3) is 1.46. The smallest absolute Gasteiger partial charge is 0.285 e. The van der Waals surface area contributed by atoms with Gasteiger partial charge in [0.15, 0.2) is 0 Å². The quantitative estimate of drug-likeness (QED) is 0.310. The number of hydrogen-bond donors (Lipinski definition) is 2. The van der Waals surface area contributed by atoms with Gasteiger partial charge >= 0.3 is 0 Å². The lowest BCUT2D eigenvalue weighted by Crippen LogP contribution is -2.33. The van der Waals surface area contributed by atoms with Gasteiger partial charge in [0.05, 0.1) is 0 Å². The van der Waals surface area contributed by atoms with Crippen molar-refractivity contribution in [3.05, 3.63) is 76.4 Å². The van der Waals surface area contributed by atoms with E-state index in [2.05, 4.69) is 9.97 Å². The van der Waals surface area contributed by atoms with Crippen molar-refractivity contribution in [3.8, 4) is 0 Å². The Labute approximate surface area is 139 Å². The van der Waals surface area contributed by atoms with Crippen molar-refractivity contribution in [2.45, 2.75) is 0 Å². The van der Waals surface area contributed by atoms with E-state index >= 15 is 0 Å². The van der Waals surface area contributed by atoms with Crippen LogP contribution in [0.15, 0.2) is 43.4 Å². The molecule has 1 aromatic carbocycles. The molecule has 0 radical (unpaired) electrons. The fourth-order valence-electron chi connectivity index (χ4n) is 3.26. The standard InChI is InChI=1S/C16H6N6O4/c17-5-1-4-8-20-15(25)10-12(21(5)8)14(24)9-11(13(10)23)19-7-3-2-6(18)22(7)16(9)26/h1-4,17-18H. The second-order valence-corrected chi connectivity index (χ2v) is 5.76. The zero-order chi connectivity index (χ0) is 18.3. The minimum absolute atomic E-state index is 0.0342. The lowest BCUT2D eigenvalue weighted by atomic mass is 10.1. The Morgan fingerprint density at radius 1 is 0.731 bits per heavy atom. The van der Waals surface area contributed by atoms with Crippen molar-refractivity contribution in [2.24, 2.45) is 0 Å². The first-order chi connectivity index (χ1) is 12.4. The van der Waals surface area contributed by atoms with Gasteiger partial charge < -0.3 is 0 Å². The summed E-state index contributed by atoms with van der Waals surface area (Å²) in [6, 6.07) is 5.36. The minimum atomic E-state index is -0.916. The van der Waals surface area contributed by atoms with Crippen LogP contribution in [0.1, 0.15) is 0 Å². The molecule has 0 amide bonds. The van der Waals surface area contributed by atoms with Crippen LogP contribution in [0.4, 0.5) is 0 Å². The topological polar surface area (TPSA) is 151 Å². The monoisotopic (exact) mass is 346 g/mol. The average Bonchev–Trinajstić information content (AvgIpc) is 3.15. The molecule has 4 aromatic heterocycles. The highest BCUT2D eigenvalue weighted by Gasteiger charge is 2.22. The molecular weight excluding hydrogens is 340 g/mol. The molecule has 26 heavy (non-hydrogen) atoms. The lowest BCUT2D eigenvalue weighted by Gasteiger charge is -2.03. The Morgan fingerprint density at radius 2 is 1.35 bits per heavy atom. The van der Waals surface area contributed by atoms with Crippen molar-refractivity contribution >= 4 is 33.1 Å². The Balaban J connectivity index is 2.32. The first kappa shape index (κ1) is 14.3. The second-order valence-electron chi connectivity index (χ2n) is 5.76. The van der Waals surface area contributed by atoms with Gasteiger partial charge in [-0.25, -0.2) is 9.38 Å². The summed E-state index contributed by atoms with van der Waals surface area (Å²) < 4.78 is 1.96. The summed E-state index contributed by atoms with van der Waals surface area (Å²) in [6.07, 6.45) is 0. The largest absolute Gasteiger partial charge is 0.287 e. The maximum Gasteiger partial charge on any atom is 0.285 e. The Morgan fingerprint density at radius 3 is 2.04 bits per heavy atom. The van der Waals surface area contributed by atoms with Crippen molar-refractivity contribution in [1.29, 1.82) is 10.8 Å². The Bertz CT molecular complexity index is 1750. The molecule has 0 saturated carbocycles. The third-order valence-corrected chi connectivity index (χ3v) is 4.38. The molecule has 0 aliphatic heterocycles. The summed E-state index contributed by atoms with van der Waals surface area (Å²) in [5.41, 5.74) is -4.64. The molecule has 5 aromatic rings. The highest BCUT2D eigenvalue weighted by molar-refractivity contribution is 5.95. The molecule has 0 spiro atoms. The summed E-state index contributed by atoms with van der Waals surface area (Å²) in [7, 11) is 0. The van der Waals surface area contributed by atoms with E-state index in [1.807, 2.05) is 0 Å². The predicted octanol–water partition coefficient (Wildman–Crippen LogP) is -2.00. The molecule has 10 heteroatoms.